The van der Waals surface area contributed by atoms with E-state index < -0.39 is 5.60 Å². The van der Waals surface area contributed by atoms with Crippen LogP contribution < -0.4 is 5.32 Å². The molecule has 1 aliphatic carbocycles. The van der Waals surface area contributed by atoms with E-state index in [9.17, 15) is 9.90 Å². The van der Waals surface area contributed by atoms with Gasteiger partial charge in [0, 0.05) is 19.2 Å². The summed E-state index contributed by atoms with van der Waals surface area (Å²) in [5.41, 5.74) is -0.689. The van der Waals surface area contributed by atoms with Crippen molar-refractivity contribution in [2.24, 2.45) is 5.92 Å². The Bertz CT molecular complexity index is 326. The van der Waals surface area contributed by atoms with Crippen molar-refractivity contribution in [2.75, 3.05) is 19.8 Å². The van der Waals surface area contributed by atoms with Crippen LogP contribution in [0.5, 0.6) is 0 Å². The van der Waals surface area contributed by atoms with Crippen LogP contribution in [-0.4, -0.2) is 48.6 Å². The highest BCUT2D eigenvalue weighted by molar-refractivity contribution is 5.72. The number of nitrogens with one attached hydrogen (secondary N) is 1. The van der Waals surface area contributed by atoms with Crippen LogP contribution in [0, 0.1) is 5.92 Å². The standard InChI is InChI=1S/C15H27NO4/c1-3-19-14(17)12-4-7-15(18,8-5-12)10-16-13-6-9-20-11(13)2/h11-13,16,18H,3-10H2,1-2H3. The minimum Gasteiger partial charge on any atom is -0.466 e. The summed E-state index contributed by atoms with van der Waals surface area (Å²) in [5.74, 6) is -0.149. The number of ether oxygens (including phenoxy) is 2. The first-order chi connectivity index (χ1) is 9.54. The number of carbonyl (C=O) groups excluding carboxylic acids is 1. The quantitative estimate of drug-likeness (QED) is 0.744. The average molecular weight is 285 g/mol. The first kappa shape index (κ1) is 15.7. The van der Waals surface area contributed by atoms with Crippen molar-refractivity contribution in [3.8, 4) is 0 Å². The lowest BCUT2D eigenvalue weighted by Gasteiger charge is -2.36. The summed E-state index contributed by atoms with van der Waals surface area (Å²) in [7, 11) is 0. The monoisotopic (exact) mass is 285 g/mol. The van der Waals surface area contributed by atoms with Gasteiger partial charge in [-0.1, -0.05) is 0 Å². The topological polar surface area (TPSA) is 67.8 Å². The van der Waals surface area contributed by atoms with Gasteiger partial charge in [0.15, 0.2) is 0 Å². The van der Waals surface area contributed by atoms with Crippen molar-refractivity contribution in [2.45, 2.75) is 63.7 Å². The van der Waals surface area contributed by atoms with Gasteiger partial charge in [-0.3, -0.25) is 4.79 Å². The van der Waals surface area contributed by atoms with Crippen LogP contribution >= 0.6 is 0 Å². The molecule has 1 aliphatic heterocycles. The molecular weight excluding hydrogens is 258 g/mol. The smallest absolute Gasteiger partial charge is 0.308 e. The number of rotatable bonds is 5. The summed E-state index contributed by atoms with van der Waals surface area (Å²) in [5, 5.41) is 14.0. The molecule has 0 bridgehead atoms. The van der Waals surface area contributed by atoms with Crippen LogP contribution in [0.4, 0.5) is 0 Å². The highest BCUT2D eigenvalue weighted by Crippen LogP contribution is 2.32. The number of carbonyl (C=O) groups is 1. The van der Waals surface area contributed by atoms with Crippen molar-refractivity contribution in [3.63, 3.8) is 0 Å². The molecule has 0 radical (unpaired) electrons. The zero-order valence-electron chi connectivity index (χ0n) is 12.6. The number of aliphatic hydroxyl groups is 1. The normalized spacial score (nSPS) is 37.9. The summed E-state index contributed by atoms with van der Waals surface area (Å²) < 4.78 is 10.6. The van der Waals surface area contributed by atoms with Crippen LogP contribution in [0.2, 0.25) is 0 Å². The molecule has 1 heterocycles. The molecule has 0 aromatic rings. The Morgan fingerprint density at radius 3 is 2.65 bits per heavy atom. The van der Waals surface area contributed by atoms with E-state index in [1.54, 1.807) is 0 Å². The summed E-state index contributed by atoms with van der Waals surface area (Å²) in [6.45, 7) is 5.70. The van der Waals surface area contributed by atoms with Gasteiger partial charge in [0.1, 0.15) is 0 Å². The van der Waals surface area contributed by atoms with Crippen molar-refractivity contribution in [1.82, 2.24) is 5.32 Å². The molecule has 2 N–H and O–H groups in total. The number of esters is 1. The molecule has 2 atom stereocenters. The second-order valence-corrected chi connectivity index (χ2v) is 6.10. The lowest BCUT2D eigenvalue weighted by atomic mass is 9.78. The second kappa shape index (κ2) is 6.87. The van der Waals surface area contributed by atoms with Gasteiger partial charge in [0.2, 0.25) is 0 Å². The predicted molar refractivity (Wildman–Crippen MR) is 75.4 cm³/mol. The fourth-order valence-corrected chi connectivity index (χ4v) is 3.15. The summed E-state index contributed by atoms with van der Waals surface area (Å²) >= 11 is 0. The Morgan fingerprint density at radius 2 is 2.10 bits per heavy atom. The van der Waals surface area contributed by atoms with Gasteiger partial charge in [-0.05, 0) is 46.0 Å². The van der Waals surface area contributed by atoms with E-state index in [4.69, 9.17) is 9.47 Å². The van der Waals surface area contributed by atoms with E-state index in [0.29, 0.717) is 44.9 Å². The fourth-order valence-electron chi connectivity index (χ4n) is 3.15. The van der Waals surface area contributed by atoms with Crippen molar-refractivity contribution in [1.29, 1.82) is 0 Å². The lowest BCUT2D eigenvalue weighted by molar-refractivity contribution is -0.151. The first-order valence-electron chi connectivity index (χ1n) is 7.78. The van der Waals surface area contributed by atoms with E-state index in [-0.39, 0.29) is 18.0 Å². The maximum atomic E-state index is 11.7. The van der Waals surface area contributed by atoms with Gasteiger partial charge in [0.25, 0.3) is 0 Å². The molecule has 0 aromatic heterocycles. The highest BCUT2D eigenvalue weighted by atomic mass is 16.5. The molecule has 20 heavy (non-hydrogen) atoms. The zero-order valence-corrected chi connectivity index (χ0v) is 12.6. The number of hydrogen-bond donors (Lipinski definition) is 2. The van der Waals surface area contributed by atoms with E-state index in [0.717, 1.165) is 13.0 Å². The maximum Gasteiger partial charge on any atom is 0.308 e. The Kier molecular flexibility index (Phi) is 5.41. The van der Waals surface area contributed by atoms with Crippen molar-refractivity contribution >= 4 is 5.97 Å². The molecule has 2 rings (SSSR count). The predicted octanol–water partition coefficient (Wildman–Crippen LogP) is 1.24. The zero-order chi connectivity index (χ0) is 14.6. The molecule has 2 fully saturated rings. The largest absolute Gasteiger partial charge is 0.466 e. The highest BCUT2D eigenvalue weighted by Gasteiger charge is 2.37. The van der Waals surface area contributed by atoms with Crippen LogP contribution in [0.3, 0.4) is 0 Å². The van der Waals surface area contributed by atoms with Gasteiger partial charge < -0.3 is 19.9 Å². The molecule has 116 valence electrons. The third-order valence-electron chi connectivity index (χ3n) is 4.61. The number of hydrogen-bond acceptors (Lipinski definition) is 5. The third kappa shape index (κ3) is 3.93. The van der Waals surface area contributed by atoms with Crippen LogP contribution in [0.15, 0.2) is 0 Å². The van der Waals surface area contributed by atoms with E-state index in [2.05, 4.69) is 12.2 Å². The molecular formula is C15H27NO4. The minimum atomic E-state index is -0.689. The Labute approximate surface area is 121 Å². The summed E-state index contributed by atoms with van der Waals surface area (Å²) in [4.78, 5) is 11.7. The van der Waals surface area contributed by atoms with Crippen LogP contribution in [0.25, 0.3) is 0 Å². The van der Waals surface area contributed by atoms with Gasteiger partial charge in [-0.25, -0.2) is 0 Å². The molecule has 0 aromatic carbocycles. The molecule has 2 unspecified atom stereocenters. The van der Waals surface area contributed by atoms with Gasteiger partial charge in [-0.2, -0.15) is 0 Å². The maximum absolute atomic E-state index is 11.7. The first-order valence-corrected chi connectivity index (χ1v) is 7.78. The Balaban J connectivity index is 1.75. The molecule has 0 amide bonds. The van der Waals surface area contributed by atoms with E-state index in [1.807, 2.05) is 6.92 Å². The summed E-state index contributed by atoms with van der Waals surface area (Å²) in [6, 6.07) is 0.335. The van der Waals surface area contributed by atoms with Gasteiger partial charge in [0.05, 0.1) is 24.2 Å². The van der Waals surface area contributed by atoms with E-state index in [1.165, 1.54) is 0 Å². The minimum absolute atomic E-state index is 0.0380. The Morgan fingerprint density at radius 1 is 1.40 bits per heavy atom. The fraction of sp³-hybridized carbons (Fsp3) is 0.933. The van der Waals surface area contributed by atoms with Crippen molar-refractivity contribution in [3.05, 3.63) is 0 Å². The molecule has 2 aliphatic rings. The van der Waals surface area contributed by atoms with Crippen molar-refractivity contribution < 1.29 is 19.4 Å². The molecule has 5 nitrogen and oxygen atoms in total. The van der Waals surface area contributed by atoms with Crippen LogP contribution in [0.1, 0.15) is 46.0 Å². The SMILES string of the molecule is CCOC(=O)C1CCC(O)(CNC2CCOC2C)CC1. The van der Waals surface area contributed by atoms with Crippen LogP contribution in [-0.2, 0) is 14.3 Å². The lowest BCUT2D eigenvalue weighted by Crippen LogP contribution is -2.48. The third-order valence-corrected chi connectivity index (χ3v) is 4.61. The average Bonchev–Trinajstić information content (AvgIpc) is 2.83. The summed E-state index contributed by atoms with van der Waals surface area (Å²) in [6.07, 6.45) is 3.97. The second-order valence-electron chi connectivity index (χ2n) is 6.10. The molecule has 5 heteroatoms. The molecule has 1 saturated carbocycles. The molecule has 0 spiro atoms. The van der Waals surface area contributed by atoms with E-state index >= 15 is 0 Å². The Hall–Kier alpha value is -0.650. The molecule has 1 saturated heterocycles. The van der Waals surface area contributed by atoms with Gasteiger partial charge in [-0.15, -0.1) is 0 Å². The van der Waals surface area contributed by atoms with Gasteiger partial charge >= 0.3 is 5.97 Å².